The number of methoxy groups -OCH3 is 1. The number of aliphatic carboxylic acids is 2. The van der Waals surface area contributed by atoms with Crippen LogP contribution in [-0.2, 0) is 16.1 Å². The predicted octanol–water partition coefficient (Wildman–Crippen LogP) is 6.14. The van der Waals surface area contributed by atoms with Crippen molar-refractivity contribution >= 4 is 39.6 Å². The van der Waals surface area contributed by atoms with Gasteiger partial charge in [-0.3, -0.25) is 9.80 Å². The van der Waals surface area contributed by atoms with Crippen LogP contribution < -0.4 is 15.0 Å². The number of rotatable bonds is 12. The summed E-state index contributed by atoms with van der Waals surface area (Å²) in [7, 11) is 1.62. The monoisotopic (exact) mass is 661 g/mol. The average Bonchev–Trinajstić information content (AvgIpc) is 2.95. The number of aryl methyl sites for hydroxylation is 1. The highest BCUT2D eigenvalue weighted by atomic mass is 79.9. The Hall–Kier alpha value is -3.15. The number of hydrogen-bond donors (Lipinski definition) is 4. The normalized spacial score (nSPS) is 19.6. The first-order valence-electron chi connectivity index (χ1n) is 14.9. The molecule has 2 saturated heterocycles. The summed E-state index contributed by atoms with van der Waals surface area (Å²) in [5.41, 5.74) is 3.04. The van der Waals surface area contributed by atoms with Crippen molar-refractivity contribution in [1.29, 1.82) is 0 Å². The van der Waals surface area contributed by atoms with Crippen molar-refractivity contribution in [3.63, 3.8) is 0 Å². The molecular formula is C32H44BrN3O7. The Morgan fingerprint density at radius 2 is 1.65 bits per heavy atom. The van der Waals surface area contributed by atoms with Gasteiger partial charge in [0.25, 0.3) is 0 Å². The van der Waals surface area contributed by atoms with E-state index in [1.165, 1.54) is 50.5 Å². The summed E-state index contributed by atoms with van der Waals surface area (Å²) < 4.78 is 6.67. The Morgan fingerprint density at radius 3 is 2.26 bits per heavy atom. The first-order valence-corrected chi connectivity index (χ1v) is 15.7. The number of nitrogens with one attached hydrogen (secondary N) is 1. The summed E-state index contributed by atoms with van der Waals surface area (Å²) >= 11 is 3.53. The molecule has 236 valence electrons. The highest BCUT2D eigenvalue weighted by Gasteiger charge is 2.42. The molecule has 43 heavy (non-hydrogen) atoms. The van der Waals surface area contributed by atoms with Gasteiger partial charge in [0.05, 0.1) is 12.8 Å². The summed E-state index contributed by atoms with van der Waals surface area (Å²) in [4.78, 5) is 34.9. The zero-order valence-corrected chi connectivity index (χ0v) is 26.6. The number of ether oxygens (including phenoxy) is 1. The molecule has 2 bridgehead atoms. The molecule has 10 nitrogen and oxygen atoms in total. The molecule has 2 fully saturated rings. The van der Waals surface area contributed by atoms with Crippen LogP contribution in [0.1, 0.15) is 68.9 Å². The van der Waals surface area contributed by atoms with Crippen LogP contribution in [0.3, 0.4) is 0 Å². The average molecular weight is 663 g/mol. The van der Waals surface area contributed by atoms with E-state index in [-0.39, 0.29) is 6.04 Å². The van der Waals surface area contributed by atoms with E-state index in [9.17, 15) is 9.90 Å². The SMILES string of the molecule is COc1ccc(C)cc1N(C(=O)O)C1CC2CCCC(C1)N2CCCCCCNCc1cccc(Br)c1.O=C(O)C(=O)O. The van der Waals surface area contributed by atoms with Crippen LogP contribution in [0.25, 0.3) is 0 Å². The molecule has 4 rings (SSSR count). The Kier molecular flexibility index (Phi) is 13.8. The molecule has 1 amide bonds. The molecule has 0 aliphatic carbocycles. The van der Waals surface area contributed by atoms with Crippen molar-refractivity contribution < 1.29 is 34.4 Å². The number of amides is 1. The zero-order chi connectivity index (χ0) is 31.4. The van der Waals surface area contributed by atoms with Crippen LogP contribution in [0.5, 0.6) is 5.75 Å². The fourth-order valence-electron chi connectivity index (χ4n) is 6.25. The smallest absolute Gasteiger partial charge is 0.414 e. The van der Waals surface area contributed by atoms with Gasteiger partial charge < -0.3 is 25.4 Å². The Bertz CT molecular complexity index is 1200. The van der Waals surface area contributed by atoms with E-state index in [1.807, 2.05) is 25.1 Å². The van der Waals surface area contributed by atoms with Crippen LogP contribution in [0.15, 0.2) is 46.9 Å². The Balaban J connectivity index is 0.000000765. The quantitative estimate of drug-likeness (QED) is 0.156. The van der Waals surface area contributed by atoms with Crippen molar-refractivity contribution in [2.75, 3.05) is 25.1 Å². The highest BCUT2D eigenvalue weighted by molar-refractivity contribution is 9.10. The molecule has 2 aliphatic heterocycles. The van der Waals surface area contributed by atoms with Crippen LogP contribution in [-0.4, -0.2) is 76.6 Å². The summed E-state index contributed by atoms with van der Waals surface area (Å²) in [6.07, 6.45) is 9.44. The van der Waals surface area contributed by atoms with E-state index in [4.69, 9.17) is 24.5 Å². The van der Waals surface area contributed by atoms with Gasteiger partial charge in [-0.25, -0.2) is 14.4 Å². The number of unbranched alkanes of at least 4 members (excludes halogenated alkanes) is 3. The minimum atomic E-state index is -1.82. The largest absolute Gasteiger partial charge is 0.495 e. The lowest BCUT2D eigenvalue weighted by molar-refractivity contribution is -0.159. The lowest BCUT2D eigenvalue weighted by atomic mass is 9.80. The molecule has 2 aromatic carbocycles. The summed E-state index contributed by atoms with van der Waals surface area (Å²) in [5.74, 6) is -3.02. The minimum absolute atomic E-state index is 0.00365. The third-order valence-electron chi connectivity index (χ3n) is 8.19. The number of halogens is 1. The molecule has 2 aliphatic rings. The Morgan fingerprint density at radius 1 is 0.977 bits per heavy atom. The van der Waals surface area contributed by atoms with Crippen molar-refractivity contribution in [2.45, 2.75) is 89.4 Å². The van der Waals surface area contributed by atoms with E-state index in [0.717, 1.165) is 42.5 Å². The molecule has 2 unspecified atom stereocenters. The fraction of sp³-hybridized carbons (Fsp3) is 0.531. The van der Waals surface area contributed by atoms with E-state index in [0.29, 0.717) is 23.5 Å². The maximum absolute atomic E-state index is 12.4. The number of benzene rings is 2. The van der Waals surface area contributed by atoms with Crippen LogP contribution in [0.4, 0.5) is 10.5 Å². The van der Waals surface area contributed by atoms with Gasteiger partial charge in [-0.1, -0.05) is 53.4 Å². The minimum Gasteiger partial charge on any atom is -0.495 e. The molecule has 2 heterocycles. The number of nitrogens with zero attached hydrogens (tertiary/aromatic N) is 2. The second-order valence-electron chi connectivity index (χ2n) is 11.3. The van der Waals surface area contributed by atoms with Gasteiger partial charge in [-0.15, -0.1) is 0 Å². The number of piperidine rings is 2. The van der Waals surface area contributed by atoms with Gasteiger partial charge in [0.2, 0.25) is 0 Å². The van der Waals surface area contributed by atoms with Gasteiger partial charge in [0, 0.05) is 29.1 Å². The van der Waals surface area contributed by atoms with E-state index < -0.39 is 18.0 Å². The molecule has 2 atom stereocenters. The van der Waals surface area contributed by atoms with Gasteiger partial charge in [-0.05, 0) is 93.9 Å². The van der Waals surface area contributed by atoms with Crippen LogP contribution >= 0.6 is 15.9 Å². The van der Waals surface area contributed by atoms with Gasteiger partial charge in [0.15, 0.2) is 0 Å². The van der Waals surface area contributed by atoms with E-state index >= 15 is 0 Å². The summed E-state index contributed by atoms with van der Waals surface area (Å²) in [6, 6.07) is 15.2. The first kappa shape index (κ1) is 34.3. The molecule has 4 N–H and O–H groups in total. The Labute approximate surface area is 262 Å². The van der Waals surface area contributed by atoms with Crippen molar-refractivity contribution in [2.24, 2.45) is 0 Å². The molecule has 11 heteroatoms. The van der Waals surface area contributed by atoms with E-state index in [1.54, 1.807) is 12.0 Å². The summed E-state index contributed by atoms with van der Waals surface area (Å²) in [5, 5.41) is 28.5. The molecule has 0 saturated carbocycles. The fourth-order valence-corrected chi connectivity index (χ4v) is 6.69. The van der Waals surface area contributed by atoms with Gasteiger partial charge in [0.1, 0.15) is 5.75 Å². The number of fused-ring (bicyclic) bond motifs is 2. The number of hydrogen-bond acceptors (Lipinski definition) is 6. The second-order valence-corrected chi connectivity index (χ2v) is 12.2. The third kappa shape index (κ3) is 10.5. The first-order chi connectivity index (χ1) is 20.6. The van der Waals surface area contributed by atoms with Gasteiger partial charge in [-0.2, -0.15) is 0 Å². The standard InChI is InChI=1S/C30H42BrN3O3.C2H2O4/c1-22-13-14-29(37-2)28(17-22)34(30(35)36)27-19-25-11-8-12-26(20-27)33(25)16-6-4-3-5-15-32-21-23-9-7-10-24(31)18-23;3-1(4)2(5)6/h7,9-10,13-14,17-18,25-27,32H,3-6,8,11-12,15-16,19-21H2,1-2H3,(H,35,36);(H,3,4)(H,5,6). The number of carboxylic acid groups (broad SMARTS) is 3. The molecule has 2 aromatic rings. The molecule has 0 aromatic heterocycles. The lowest BCUT2D eigenvalue weighted by Crippen LogP contribution is -2.58. The van der Waals surface area contributed by atoms with Crippen molar-refractivity contribution in [3.8, 4) is 5.75 Å². The van der Waals surface area contributed by atoms with E-state index in [2.05, 4.69) is 50.4 Å². The zero-order valence-electron chi connectivity index (χ0n) is 25.0. The predicted molar refractivity (Wildman–Crippen MR) is 169 cm³/mol. The maximum Gasteiger partial charge on any atom is 0.414 e. The van der Waals surface area contributed by atoms with Gasteiger partial charge >= 0.3 is 18.0 Å². The van der Waals surface area contributed by atoms with Crippen molar-refractivity contribution in [1.82, 2.24) is 10.2 Å². The molecule has 0 radical (unpaired) electrons. The molecule has 0 spiro atoms. The number of carbonyl (C=O) groups is 3. The van der Waals surface area contributed by atoms with Crippen LogP contribution in [0, 0.1) is 6.92 Å². The topological polar surface area (TPSA) is 140 Å². The van der Waals surface area contributed by atoms with Crippen molar-refractivity contribution in [3.05, 3.63) is 58.1 Å². The second kappa shape index (κ2) is 17.2. The highest BCUT2D eigenvalue weighted by Crippen LogP contribution is 2.40. The van der Waals surface area contributed by atoms with Crippen LogP contribution in [0.2, 0.25) is 0 Å². The lowest BCUT2D eigenvalue weighted by Gasteiger charge is -2.50. The third-order valence-corrected chi connectivity index (χ3v) is 8.68. The molecular weight excluding hydrogens is 618 g/mol. The number of carboxylic acids is 2. The summed E-state index contributed by atoms with van der Waals surface area (Å²) in [6.45, 7) is 5.10. The maximum atomic E-state index is 12.4. The number of anilines is 1.